The Morgan fingerprint density at radius 2 is 2.03 bits per heavy atom. The average molecular weight is 437 g/mol. The zero-order valence-corrected chi connectivity index (χ0v) is 16.9. The van der Waals surface area contributed by atoms with Crippen LogP contribution in [0.4, 0.5) is 4.39 Å². The van der Waals surface area contributed by atoms with Crippen LogP contribution >= 0.6 is 0 Å². The minimum atomic E-state index is -0.437. The normalized spacial score (nSPS) is 22.9. The first-order valence-corrected chi connectivity index (χ1v) is 10.3. The van der Waals surface area contributed by atoms with Gasteiger partial charge in [-0.2, -0.15) is 0 Å². The van der Waals surface area contributed by atoms with E-state index in [4.69, 9.17) is 4.42 Å². The Kier molecular flexibility index (Phi) is 5.31. The molecule has 3 aromatic rings. The van der Waals surface area contributed by atoms with Crippen molar-refractivity contribution >= 4 is 11.8 Å². The highest BCUT2D eigenvalue weighted by molar-refractivity contribution is 5.90. The van der Waals surface area contributed by atoms with Gasteiger partial charge in [-0.15, -0.1) is 10.2 Å². The number of aromatic nitrogens is 4. The molecule has 2 saturated heterocycles. The van der Waals surface area contributed by atoms with Gasteiger partial charge in [0.2, 0.25) is 17.6 Å². The number of carbonyl (C=O) groups excluding carboxylic acids is 2. The van der Waals surface area contributed by atoms with E-state index in [1.54, 1.807) is 24.3 Å². The fraction of sp³-hybridized carbons (Fsp3) is 0.333. The molecule has 2 fully saturated rings. The molecule has 32 heavy (non-hydrogen) atoms. The largest absolute Gasteiger partial charge is 0.421 e. The first kappa shape index (κ1) is 20.2. The number of piperazine rings is 1. The van der Waals surface area contributed by atoms with E-state index in [1.807, 2.05) is 4.90 Å². The lowest BCUT2D eigenvalue weighted by atomic mass is 10.1. The molecule has 10 nitrogen and oxygen atoms in total. The summed E-state index contributed by atoms with van der Waals surface area (Å²) in [5, 5.41) is 13.8. The Labute approximate surface area is 182 Å². The van der Waals surface area contributed by atoms with Gasteiger partial charge in [-0.3, -0.25) is 14.5 Å². The maximum atomic E-state index is 14.0. The number of amides is 2. The Bertz CT molecular complexity index is 1140. The molecule has 2 aliphatic rings. The lowest BCUT2D eigenvalue weighted by Crippen LogP contribution is -2.58. The van der Waals surface area contributed by atoms with Crippen LogP contribution in [0.3, 0.4) is 0 Å². The van der Waals surface area contributed by atoms with Crippen LogP contribution in [0.15, 0.2) is 47.1 Å². The van der Waals surface area contributed by atoms with Crippen LogP contribution in [0.5, 0.6) is 0 Å². The summed E-state index contributed by atoms with van der Waals surface area (Å²) in [5.74, 6) is -0.333. The second kappa shape index (κ2) is 8.42. The van der Waals surface area contributed by atoms with E-state index in [9.17, 15) is 14.0 Å². The van der Waals surface area contributed by atoms with Gasteiger partial charge in [0.05, 0.1) is 11.6 Å². The number of fused-ring (bicyclic) bond motifs is 1. The minimum Gasteiger partial charge on any atom is -0.421 e. The van der Waals surface area contributed by atoms with Crippen molar-refractivity contribution in [2.24, 2.45) is 0 Å². The molecule has 2 amide bonds. The molecule has 0 bridgehead atoms. The van der Waals surface area contributed by atoms with Crippen molar-refractivity contribution in [3.63, 3.8) is 0 Å². The molecule has 2 aromatic heterocycles. The molecular formula is C21H20FN7O3. The molecule has 0 spiro atoms. The van der Waals surface area contributed by atoms with Gasteiger partial charge in [-0.05, 0) is 24.6 Å². The fourth-order valence-electron chi connectivity index (χ4n) is 4.22. The second-order valence-corrected chi connectivity index (χ2v) is 7.77. The van der Waals surface area contributed by atoms with E-state index >= 15 is 0 Å². The van der Waals surface area contributed by atoms with Crippen molar-refractivity contribution in [2.45, 2.75) is 31.0 Å². The van der Waals surface area contributed by atoms with E-state index < -0.39 is 5.82 Å². The molecule has 0 radical (unpaired) electrons. The third-order valence-electron chi connectivity index (χ3n) is 5.71. The van der Waals surface area contributed by atoms with Crippen molar-refractivity contribution in [1.29, 1.82) is 0 Å². The van der Waals surface area contributed by atoms with Gasteiger partial charge < -0.3 is 15.1 Å². The predicted octanol–water partition coefficient (Wildman–Crippen LogP) is 0.580. The molecule has 4 heterocycles. The summed E-state index contributed by atoms with van der Waals surface area (Å²) in [6.07, 6.45) is 3.87. The summed E-state index contributed by atoms with van der Waals surface area (Å²) in [6.45, 7) is 0.908. The standard InChI is InChI=1S/C21H20FN7O3/c22-15-5-2-1-4-14(15)21-28-27-17(32-21)9-13-10-25-19(30)16-8-12(11-29(13)16)26-20(31)18-23-6-3-7-24-18/h1-7,12-13,16H,8-11H2,(H,25,30)(H,26,31)/t12-,13+,16-/m0/s1. The van der Waals surface area contributed by atoms with Crippen molar-refractivity contribution in [2.75, 3.05) is 13.1 Å². The molecule has 0 saturated carbocycles. The quantitative estimate of drug-likeness (QED) is 0.594. The zero-order valence-electron chi connectivity index (χ0n) is 16.9. The molecule has 0 unspecified atom stereocenters. The smallest absolute Gasteiger partial charge is 0.289 e. The number of rotatable bonds is 5. The maximum absolute atomic E-state index is 14.0. The number of hydrogen-bond donors (Lipinski definition) is 2. The Hall–Kier alpha value is -3.73. The van der Waals surface area contributed by atoms with Gasteiger partial charge in [-0.25, -0.2) is 14.4 Å². The van der Waals surface area contributed by atoms with Crippen LogP contribution in [0, 0.1) is 5.82 Å². The molecule has 164 valence electrons. The van der Waals surface area contributed by atoms with Gasteiger partial charge >= 0.3 is 0 Å². The van der Waals surface area contributed by atoms with Crippen molar-refractivity contribution in [3.05, 3.63) is 60.3 Å². The topological polar surface area (TPSA) is 126 Å². The highest BCUT2D eigenvalue weighted by Gasteiger charge is 2.44. The van der Waals surface area contributed by atoms with Gasteiger partial charge in [0, 0.05) is 44.0 Å². The molecule has 2 aliphatic heterocycles. The SMILES string of the molecule is O=C(N[C@H]1C[C@H]2C(=O)NC[C@@H](Cc3nnc(-c4ccccc4F)o3)N2C1)c1ncccn1. The third-order valence-corrected chi connectivity index (χ3v) is 5.71. The van der Waals surface area contributed by atoms with E-state index in [-0.39, 0.29) is 47.2 Å². The van der Waals surface area contributed by atoms with Crippen LogP contribution in [-0.2, 0) is 11.2 Å². The summed E-state index contributed by atoms with van der Waals surface area (Å²) in [4.78, 5) is 34.8. The lowest BCUT2D eigenvalue weighted by molar-refractivity contribution is -0.129. The first-order valence-electron chi connectivity index (χ1n) is 10.3. The van der Waals surface area contributed by atoms with Gasteiger partial charge in [0.25, 0.3) is 11.8 Å². The van der Waals surface area contributed by atoms with Gasteiger partial charge in [0.1, 0.15) is 5.82 Å². The number of nitrogens with one attached hydrogen (secondary N) is 2. The predicted molar refractivity (Wildman–Crippen MR) is 109 cm³/mol. The summed E-state index contributed by atoms with van der Waals surface area (Å²) in [7, 11) is 0. The van der Waals surface area contributed by atoms with Crippen LogP contribution < -0.4 is 10.6 Å². The van der Waals surface area contributed by atoms with Crippen LogP contribution in [0.1, 0.15) is 22.9 Å². The van der Waals surface area contributed by atoms with E-state index in [1.165, 1.54) is 18.5 Å². The molecular weight excluding hydrogens is 417 g/mol. The first-order chi connectivity index (χ1) is 15.6. The zero-order chi connectivity index (χ0) is 22.1. The third kappa shape index (κ3) is 3.94. The summed E-state index contributed by atoms with van der Waals surface area (Å²) in [5.41, 5.74) is 0.244. The van der Waals surface area contributed by atoms with Crippen LogP contribution in [0.25, 0.3) is 11.5 Å². The maximum Gasteiger partial charge on any atom is 0.289 e. The van der Waals surface area contributed by atoms with Crippen LogP contribution in [-0.4, -0.2) is 68.1 Å². The number of halogens is 1. The molecule has 3 atom stereocenters. The second-order valence-electron chi connectivity index (χ2n) is 7.77. The fourth-order valence-corrected chi connectivity index (χ4v) is 4.22. The van der Waals surface area contributed by atoms with E-state index in [0.717, 1.165) is 0 Å². The van der Waals surface area contributed by atoms with Gasteiger partial charge in [0.15, 0.2) is 0 Å². The molecule has 1 aromatic carbocycles. The molecule has 5 rings (SSSR count). The van der Waals surface area contributed by atoms with Crippen molar-refractivity contribution in [1.82, 2.24) is 35.7 Å². The molecule has 11 heteroatoms. The lowest BCUT2D eigenvalue weighted by Gasteiger charge is -2.36. The number of hydrogen-bond acceptors (Lipinski definition) is 8. The number of carbonyl (C=O) groups is 2. The van der Waals surface area contributed by atoms with E-state index in [2.05, 4.69) is 30.8 Å². The van der Waals surface area contributed by atoms with Gasteiger partial charge in [-0.1, -0.05) is 12.1 Å². The Morgan fingerprint density at radius 1 is 1.22 bits per heavy atom. The molecule has 0 aliphatic carbocycles. The van der Waals surface area contributed by atoms with Crippen molar-refractivity contribution < 1.29 is 18.4 Å². The number of benzene rings is 1. The monoisotopic (exact) mass is 437 g/mol. The van der Waals surface area contributed by atoms with Crippen molar-refractivity contribution in [3.8, 4) is 11.5 Å². The summed E-state index contributed by atoms with van der Waals surface area (Å²) < 4.78 is 19.7. The molecule has 2 N–H and O–H groups in total. The highest BCUT2D eigenvalue weighted by Crippen LogP contribution is 2.27. The number of nitrogens with zero attached hydrogens (tertiary/aromatic N) is 5. The van der Waals surface area contributed by atoms with Crippen LogP contribution in [0.2, 0.25) is 0 Å². The summed E-state index contributed by atoms with van der Waals surface area (Å²) >= 11 is 0. The minimum absolute atomic E-state index is 0.0773. The van der Waals surface area contributed by atoms with E-state index in [0.29, 0.717) is 31.8 Å². The Balaban J connectivity index is 1.27. The highest BCUT2D eigenvalue weighted by atomic mass is 19.1. The summed E-state index contributed by atoms with van der Waals surface area (Å²) in [6, 6.07) is 7.14. The Morgan fingerprint density at radius 3 is 2.84 bits per heavy atom. The average Bonchev–Trinajstić information content (AvgIpc) is 3.44.